The molecule has 0 fully saturated rings. The van der Waals surface area contributed by atoms with Crippen LogP contribution in [-0.4, -0.2) is 44.0 Å². The van der Waals surface area contributed by atoms with Crippen LogP contribution >= 0.6 is 15.9 Å². The standard InChI is InChI=1S/C16H26BrN3O/c1-6-20(11-16(21)19(4)5)15-8-7-13(9-14(15)17)10-18-12(2)3/h7-9,12,18H,6,10-11H2,1-5H3. The molecule has 0 saturated heterocycles. The molecule has 1 aromatic rings. The van der Waals surface area contributed by atoms with Crippen LogP contribution in [0, 0.1) is 0 Å². The van der Waals surface area contributed by atoms with Crippen molar-refractivity contribution in [1.29, 1.82) is 0 Å². The summed E-state index contributed by atoms with van der Waals surface area (Å²) in [5.74, 6) is 0.106. The van der Waals surface area contributed by atoms with Gasteiger partial charge in [0.15, 0.2) is 0 Å². The molecule has 0 spiro atoms. The molecule has 0 heterocycles. The molecular formula is C16H26BrN3O. The van der Waals surface area contributed by atoms with Crippen LogP contribution in [0.5, 0.6) is 0 Å². The summed E-state index contributed by atoms with van der Waals surface area (Å²) in [6.07, 6.45) is 0. The van der Waals surface area contributed by atoms with Crippen molar-refractivity contribution < 1.29 is 4.79 Å². The predicted molar refractivity (Wildman–Crippen MR) is 92.7 cm³/mol. The van der Waals surface area contributed by atoms with Crippen molar-refractivity contribution >= 4 is 27.5 Å². The number of carbonyl (C=O) groups excluding carboxylic acids is 1. The van der Waals surface area contributed by atoms with E-state index >= 15 is 0 Å². The summed E-state index contributed by atoms with van der Waals surface area (Å²) < 4.78 is 1.03. The van der Waals surface area contributed by atoms with E-state index in [0.29, 0.717) is 12.6 Å². The van der Waals surface area contributed by atoms with Gasteiger partial charge in [0.1, 0.15) is 0 Å². The normalized spacial score (nSPS) is 10.8. The number of nitrogens with one attached hydrogen (secondary N) is 1. The van der Waals surface area contributed by atoms with Gasteiger partial charge in [-0.15, -0.1) is 0 Å². The molecule has 4 nitrogen and oxygen atoms in total. The van der Waals surface area contributed by atoms with Crippen LogP contribution in [-0.2, 0) is 11.3 Å². The number of amides is 1. The summed E-state index contributed by atoms with van der Waals surface area (Å²) in [6, 6.07) is 6.77. The minimum absolute atomic E-state index is 0.106. The Balaban J connectivity index is 2.83. The summed E-state index contributed by atoms with van der Waals surface area (Å²) in [6.45, 7) is 8.36. The van der Waals surface area contributed by atoms with E-state index < -0.39 is 0 Å². The zero-order valence-corrected chi connectivity index (χ0v) is 15.2. The molecule has 1 aromatic carbocycles. The van der Waals surface area contributed by atoms with E-state index in [-0.39, 0.29) is 5.91 Å². The van der Waals surface area contributed by atoms with Gasteiger partial charge in [-0.05, 0) is 40.5 Å². The largest absolute Gasteiger partial charge is 0.362 e. The molecule has 0 aromatic heterocycles. The molecule has 0 atom stereocenters. The molecule has 1 amide bonds. The second kappa shape index (κ2) is 8.39. The SMILES string of the molecule is CCN(CC(=O)N(C)C)c1ccc(CNC(C)C)cc1Br. The van der Waals surface area contributed by atoms with Crippen LogP contribution in [0.15, 0.2) is 22.7 Å². The maximum atomic E-state index is 11.9. The Morgan fingerprint density at radius 1 is 1.33 bits per heavy atom. The van der Waals surface area contributed by atoms with Gasteiger partial charge in [-0.25, -0.2) is 0 Å². The van der Waals surface area contributed by atoms with E-state index in [4.69, 9.17) is 0 Å². The Morgan fingerprint density at radius 3 is 2.48 bits per heavy atom. The molecular weight excluding hydrogens is 330 g/mol. The molecule has 0 unspecified atom stereocenters. The summed E-state index contributed by atoms with van der Waals surface area (Å²) in [7, 11) is 3.57. The number of likely N-dealkylation sites (N-methyl/N-ethyl adjacent to an activating group) is 2. The molecule has 0 aliphatic heterocycles. The molecule has 0 saturated carbocycles. The summed E-state index contributed by atoms with van der Waals surface area (Å²) >= 11 is 3.63. The Labute approximate surface area is 136 Å². The highest BCUT2D eigenvalue weighted by atomic mass is 79.9. The molecule has 1 rings (SSSR count). The van der Waals surface area contributed by atoms with Gasteiger partial charge in [0.05, 0.1) is 12.2 Å². The molecule has 1 N–H and O–H groups in total. The third-order valence-electron chi connectivity index (χ3n) is 3.27. The monoisotopic (exact) mass is 355 g/mol. The van der Waals surface area contributed by atoms with Crippen molar-refractivity contribution in [2.75, 3.05) is 32.1 Å². The Morgan fingerprint density at radius 2 is 2.00 bits per heavy atom. The van der Waals surface area contributed by atoms with Gasteiger partial charge >= 0.3 is 0 Å². The number of nitrogens with zero attached hydrogens (tertiary/aromatic N) is 2. The lowest BCUT2D eigenvalue weighted by Gasteiger charge is -2.25. The maximum absolute atomic E-state index is 11.9. The minimum Gasteiger partial charge on any atom is -0.362 e. The second-order valence-electron chi connectivity index (χ2n) is 5.62. The number of halogens is 1. The highest BCUT2D eigenvalue weighted by Gasteiger charge is 2.14. The highest BCUT2D eigenvalue weighted by Crippen LogP contribution is 2.27. The lowest BCUT2D eigenvalue weighted by molar-refractivity contribution is -0.127. The van der Waals surface area contributed by atoms with E-state index in [1.54, 1.807) is 19.0 Å². The number of benzene rings is 1. The number of carbonyl (C=O) groups is 1. The fraction of sp³-hybridized carbons (Fsp3) is 0.562. The van der Waals surface area contributed by atoms with Gasteiger partial charge in [-0.2, -0.15) is 0 Å². The van der Waals surface area contributed by atoms with Gasteiger partial charge in [-0.1, -0.05) is 19.9 Å². The molecule has 21 heavy (non-hydrogen) atoms. The quantitative estimate of drug-likeness (QED) is 0.816. The average Bonchev–Trinajstić information content (AvgIpc) is 2.42. The van der Waals surface area contributed by atoms with Gasteiger partial charge in [0, 0.05) is 37.7 Å². The first-order valence-corrected chi connectivity index (χ1v) is 8.11. The zero-order valence-electron chi connectivity index (χ0n) is 13.6. The fourth-order valence-electron chi connectivity index (χ4n) is 1.91. The third kappa shape index (κ3) is 5.67. The number of hydrogen-bond donors (Lipinski definition) is 1. The highest BCUT2D eigenvalue weighted by molar-refractivity contribution is 9.10. The van der Waals surface area contributed by atoms with E-state index in [2.05, 4.69) is 65.1 Å². The average molecular weight is 356 g/mol. The summed E-state index contributed by atoms with van der Waals surface area (Å²) in [5, 5.41) is 3.40. The molecule has 0 bridgehead atoms. The fourth-order valence-corrected chi connectivity index (χ4v) is 2.59. The maximum Gasteiger partial charge on any atom is 0.241 e. The Bertz CT molecular complexity index is 475. The summed E-state index contributed by atoms with van der Waals surface area (Å²) in [4.78, 5) is 15.6. The van der Waals surface area contributed by atoms with E-state index in [0.717, 1.165) is 23.2 Å². The lowest BCUT2D eigenvalue weighted by Crippen LogP contribution is -2.36. The van der Waals surface area contributed by atoms with E-state index in [9.17, 15) is 4.79 Å². The van der Waals surface area contributed by atoms with Gasteiger partial charge in [-0.3, -0.25) is 4.79 Å². The van der Waals surface area contributed by atoms with Gasteiger partial charge in [0.2, 0.25) is 5.91 Å². The molecule has 0 aliphatic rings. The van der Waals surface area contributed by atoms with Crippen LogP contribution in [0.3, 0.4) is 0 Å². The first kappa shape index (κ1) is 18.0. The van der Waals surface area contributed by atoms with Crippen LogP contribution < -0.4 is 10.2 Å². The smallest absolute Gasteiger partial charge is 0.241 e. The molecule has 118 valence electrons. The molecule has 0 aliphatic carbocycles. The van der Waals surface area contributed by atoms with E-state index in [1.165, 1.54) is 5.56 Å². The van der Waals surface area contributed by atoms with Crippen molar-refractivity contribution in [2.24, 2.45) is 0 Å². The minimum atomic E-state index is 0.106. The van der Waals surface area contributed by atoms with Crippen molar-refractivity contribution in [3.05, 3.63) is 28.2 Å². The third-order valence-corrected chi connectivity index (χ3v) is 3.91. The van der Waals surface area contributed by atoms with Crippen molar-refractivity contribution in [3.8, 4) is 0 Å². The topological polar surface area (TPSA) is 35.6 Å². The first-order valence-electron chi connectivity index (χ1n) is 7.32. The lowest BCUT2D eigenvalue weighted by atomic mass is 10.2. The van der Waals surface area contributed by atoms with Crippen molar-refractivity contribution in [3.63, 3.8) is 0 Å². The van der Waals surface area contributed by atoms with Gasteiger partial charge < -0.3 is 15.1 Å². The Hall–Kier alpha value is -1.07. The second-order valence-corrected chi connectivity index (χ2v) is 6.48. The van der Waals surface area contributed by atoms with Crippen LogP contribution in [0.1, 0.15) is 26.3 Å². The van der Waals surface area contributed by atoms with Crippen LogP contribution in [0.25, 0.3) is 0 Å². The van der Waals surface area contributed by atoms with Crippen LogP contribution in [0.4, 0.5) is 5.69 Å². The van der Waals surface area contributed by atoms with Crippen molar-refractivity contribution in [2.45, 2.75) is 33.4 Å². The summed E-state index contributed by atoms with van der Waals surface area (Å²) in [5.41, 5.74) is 2.29. The number of rotatable bonds is 7. The van der Waals surface area contributed by atoms with Gasteiger partial charge in [0.25, 0.3) is 0 Å². The number of anilines is 1. The van der Waals surface area contributed by atoms with Crippen LogP contribution in [0.2, 0.25) is 0 Å². The number of hydrogen-bond acceptors (Lipinski definition) is 3. The Kier molecular flexibility index (Phi) is 7.18. The first-order chi connectivity index (χ1) is 9.85. The predicted octanol–water partition coefficient (Wildman–Crippen LogP) is 2.86. The zero-order chi connectivity index (χ0) is 16.0. The molecule has 5 heteroatoms. The molecule has 0 radical (unpaired) electrons. The van der Waals surface area contributed by atoms with Crippen molar-refractivity contribution in [1.82, 2.24) is 10.2 Å². The van der Waals surface area contributed by atoms with E-state index in [1.807, 2.05) is 0 Å².